The SMILES string of the molecule is CCS(=O)(=O)N1CC[NH+](Cc2cccc(Oc3ccccc3)c2)CC1. The molecule has 2 aromatic rings. The predicted octanol–water partition coefficient (Wildman–Crippen LogP) is 1.53. The van der Waals surface area contributed by atoms with E-state index in [9.17, 15) is 8.42 Å². The molecule has 0 aromatic heterocycles. The molecule has 1 saturated heterocycles. The first-order valence-electron chi connectivity index (χ1n) is 8.70. The Morgan fingerprint density at radius 1 is 1.00 bits per heavy atom. The third-order valence-corrected chi connectivity index (χ3v) is 6.40. The van der Waals surface area contributed by atoms with Crippen molar-refractivity contribution in [3.05, 3.63) is 60.2 Å². The van der Waals surface area contributed by atoms with Crippen LogP contribution in [-0.4, -0.2) is 44.7 Å². The predicted molar refractivity (Wildman–Crippen MR) is 98.4 cm³/mol. The maximum absolute atomic E-state index is 11.9. The summed E-state index contributed by atoms with van der Waals surface area (Å²) in [5, 5.41) is 0. The molecule has 5 nitrogen and oxygen atoms in total. The number of hydrogen-bond donors (Lipinski definition) is 1. The summed E-state index contributed by atoms with van der Waals surface area (Å²) in [7, 11) is -3.06. The molecule has 1 aliphatic rings. The van der Waals surface area contributed by atoms with Crippen molar-refractivity contribution in [2.45, 2.75) is 13.5 Å². The molecule has 134 valence electrons. The van der Waals surface area contributed by atoms with Gasteiger partial charge in [0, 0.05) is 5.56 Å². The summed E-state index contributed by atoms with van der Waals surface area (Å²) < 4.78 is 31.4. The Kier molecular flexibility index (Phi) is 5.73. The van der Waals surface area contributed by atoms with Gasteiger partial charge in [0.25, 0.3) is 0 Å². The van der Waals surface area contributed by atoms with Gasteiger partial charge in [-0.15, -0.1) is 0 Å². The second-order valence-electron chi connectivity index (χ2n) is 6.29. The van der Waals surface area contributed by atoms with Crippen molar-refractivity contribution in [1.29, 1.82) is 0 Å². The molecule has 6 heteroatoms. The first-order chi connectivity index (χ1) is 12.1. The van der Waals surface area contributed by atoms with E-state index in [1.807, 2.05) is 42.5 Å². The van der Waals surface area contributed by atoms with Crippen LogP contribution in [-0.2, 0) is 16.6 Å². The second-order valence-corrected chi connectivity index (χ2v) is 8.55. The number of ether oxygens (including phenoxy) is 1. The quantitative estimate of drug-likeness (QED) is 0.849. The molecule has 1 N–H and O–H groups in total. The minimum Gasteiger partial charge on any atom is -0.457 e. The lowest BCUT2D eigenvalue weighted by atomic mass is 10.2. The van der Waals surface area contributed by atoms with E-state index in [2.05, 4.69) is 12.1 Å². The van der Waals surface area contributed by atoms with Crippen LogP contribution < -0.4 is 9.64 Å². The van der Waals surface area contributed by atoms with E-state index in [1.165, 1.54) is 10.5 Å². The summed E-state index contributed by atoms with van der Waals surface area (Å²) in [6.45, 7) is 5.46. The number of rotatable bonds is 6. The lowest BCUT2D eigenvalue weighted by Gasteiger charge is -2.31. The fraction of sp³-hybridized carbons (Fsp3) is 0.368. The largest absolute Gasteiger partial charge is 0.457 e. The van der Waals surface area contributed by atoms with Gasteiger partial charge in [-0.2, -0.15) is 4.31 Å². The molecule has 0 atom stereocenters. The van der Waals surface area contributed by atoms with E-state index in [4.69, 9.17) is 4.74 Å². The maximum Gasteiger partial charge on any atom is 0.214 e. The van der Waals surface area contributed by atoms with Crippen LogP contribution in [0.1, 0.15) is 12.5 Å². The van der Waals surface area contributed by atoms with Gasteiger partial charge >= 0.3 is 0 Å². The molecular weight excluding hydrogens is 336 g/mol. The standard InChI is InChI=1S/C19H24N2O3S/c1-2-25(22,23)21-13-11-20(12-14-21)16-17-7-6-10-19(15-17)24-18-8-4-3-5-9-18/h3-10,15H,2,11-14,16H2,1H3/p+1. The maximum atomic E-state index is 11.9. The smallest absolute Gasteiger partial charge is 0.214 e. The Bertz CT molecular complexity index is 785. The molecule has 0 radical (unpaired) electrons. The number of nitrogens with one attached hydrogen (secondary N) is 1. The average Bonchev–Trinajstić information content (AvgIpc) is 2.63. The summed E-state index contributed by atoms with van der Waals surface area (Å²) in [4.78, 5) is 1.40. The molecule has 1 aliphatic heterocycles. The van der Waals surface area contributed by atoms with Gasteiger partial charge in [0.15, 0.2) is 0 Å². The van der Waals surface area contributed by atoms with E-state index >= 15 is 0 Å². The molecule has 1 fully saturated rings. The van der Waals surface area contributed by atoms with Gasteiger partial charge < -0.3 is 9.64 Å². The van der Waals surface area contributed by atoms with Crippen molar-refractivity contribution in [3.63, 3.8) is 0 Å². The number of hydrogen-bond acceptors (Lipinski definition) is 3. The van der Waals surface area contributed by atoms with Gasteiger partial charge in [-0.25, -0.2) is 8.42 Å². The van der Waals surface area contributed by atoms with E-state index in [1.54, 1.807) is 11.2 Å². The molecule has 0 spiro atoms. The van der Waals surface area contributed by atoms with Crippen LogP contribution in [0.5, 0.6) is 11.5 Å². The van der Waals surface area contributed by atoms with Crippen LogP contribution >= 0.6 is 0 Å². The van der Waals surface area contributed by atoms with Crippen LogP contribution in [0.4, 0.5) is 0 Å². The van der Waals surface area contributed by atoms with Crippen LogP contribution in [0.2, 0.25) is 0 Å². The van der Waals surface area contributed by atoms with Crippen LogP contribution in [0, 0.1) is 0 Å². The summed E-state index contributed by atoms with van der Waals surface area (Å²) in [6.07, 6.45) is 0. The molecule has 0 unspecified atom stereocenters. The monoisotopic (exact) mass is 361 g/mol. The minimum atomic E-state index is -3.06. The van der Waals surface area contributed by atoms with Crippen molar-refractivity contribution in [2.75, 3.05) is 31.9 Å². The second kappa shape index (κ2) is 7.99. The number of para-hydroxylation sites is 1. The number of sulfonamides is 1. The number of nitrogens with zero attached hydrogens (tertiary/aromatic N) is 1. The van der Waals surface area contributed by atoms with Crippen LogP contribution in [0.25, 0.3) is 0 Å². The van der Waals surface area contributed by atoms with Crippen LogP contribution in [0.15, 0.2) is 54.6 Å². The summed E-state index contributed by atoms with van der Waals surface area (Å²) in [5.41, 5.74) is 1.20. The van der Waals surface area contributed by atoms with Gasteiger partial charge in [-0.1, -0.05) is 30.3 Å². The summed E-state index contributed by atoms with van der Waals surface area (Å²) in [6, 6.07) is 17.9. The van der Waals surface area contributed by atoms with Crippen molar-refractivity contribution in [1.82, 2.24) is 4.31 Å². The molecular formula is C19H25N2O3S+. The summed E-state index contributed by atoms with van der Waals surface area (Å²) >= 11 is 0. The molecule has 3 rings (SSSR count). The summed E-state index contributed by atoms with van der Waals surface area (Å²) in [5.74, 6) is 1.84. The fourth-order valence-electron chi connectivity index (χ4n) is 3.07. The van der Waals surface area contributed by atoms with E-state index in [-0.39, 0.29) is 5.75 Å². The molecule has 0 bridgehead atoms. The molecule has 2 aromatic carbocycles. The van der Waals surface area contributed by atoms with Gasteiger partial charge in [-0.05, 0) is 31.2 Å². The average molecular weight is 361 g/mol. The highest BCUT2D eigenvalue weighted by Gasteiger charge is 2.27. The zero-order valence-corrected chi connectivity index (χ0v) is 15.3. The van der Waals surface area contributed by atoms with Gasteiger partial charge in [0.2, 0.25) is 10.0 Å². The Labute approximate surface area is 149 Å². The first-order valence-corrected chi connectivity index (χ1v) is 10.3. The Morgan fingerprint density at radius 3 is 2.36 bits per heavy atom. The topological polar surface area (TPSA) is 51.0 Å². The minimum absolute atomic E-state index is 0.182. The van der Waals surface area contributed by atoms with E-state index in [0.717, 1.165) is 31.1 Å². The first kappa shape index (κ1) is 17.9. The number of piperazine rings is 1. The van der Waals surface area contributed by atoms with Gasteiger partial charge in [0.05, 0.1) is 31.9 Å². The van der Waals surface area contributed by atoms with Crippen molar-refractivity contribution in [3.8, 4) is 11.5 Å². The number of quaternary nitrogens is 1. The highest BCUT2D eigenvalue weighted by molar-refractivity contribution is 7.89. The third kappa shape index (κ3) is 4.81. The fourth-order valence-corrected chi connectivity index (χ4v) is 4.18. The number of benzene rings is 2. The van der Waals surface area contributed by atoms with Crippen molar-refractivity contribution in [2.24, 2.45) is 0 Å². The van der Waals surface area contributed by atoms with E-state index < -0.39 is 10.0 Å². The molecule has 1 heterocycles. The molecule has 0 saturated carbocycles. The molecule has 0 aliphatic carbocycles. The normalized spacial score (nSPS) is 16.7. The Morgan fingerprint density at radius 2 is 1.68 bits per heavy atom. The highest BCUT2D eigenvalue weighted by atomic mass is 32.2. The Hall–Kier alpha value is -1.89. The van der Waals surface area contributed by atoms with Crippen molar-refractivity contribution >= 4 is 10.0 Å². The zero-order chi connectivity index (χ0) is 17.7. The van der Waals surface area contributed by atoms with Gasteiger partial charge in [-0.3, -0.25) is 0 Å². The molecule has 25 heavy (non-hydrogen) atoms. The van der Waals surface area contributed by atoms with Gasteiger partial charge in [0.1, 0.15) is 18.0 Å². The van der Waals surface area contributed by atoms with E-state index in [0.29, 0.717) is 13.1 Å². The zero-order valence-electron chi connectivity index (χ0n) is 14.5. The van der Waals surface area contributed by atoms with Crippen LogP contribution in [0.3, 0.4) is 0 Å². The Balaban J connectivity index is 1.58. The lowest BCUT2D eigenvalue weighted by Crippen LogP contribution is -3.13. The van der Waals surface area contributed by atoms with Crippen molar-refractivity contribution < 1.29 is 18.1 Å². The molecule has 0 amide bonds. The third-order valence-electron chi connectivity index (χ3n) is 4.52. The highest BCUT2D eigenvalue weighted by Crippen LogP contribution is 2.21. The lowest BCUT2D eigenvalue weighted by molar-refractivity contribution is -0.917.